The van der Waals surface area contributed by atoms with Crippen LogP contribution in [0.4, 0.5) is 0 Å². The Hall–Kier alpha value is -4.26. The van der Waals surface area contributed by atoms with Crippen molar-refractivity contribution in [2.24, 2.45) is 5.41 Å². The number of para-hydroxylation sites is 1. The van der Waals surface area contributed by atoms with Gasteiger partial charge in [0.1, 0.15) is 31.4 Å². The molecular weight excluding hydrogens is 684 g/mol. The first kappa shape index (κ1) is 46.8. The van der Waals surface area contributed by atoms with Crippen LogP contribution in [0.5, 0.6) is 5.75 Å². The molecule has 53 heavy (non-hydrogen) atoms. The standard InChI is InChI=1S/C40H56N2O11/c1-4-21-48-27-30-51-24-9-10-34(43)13-16-40(33-37(45)35-11-7-8-12-36(35)44,17-14-38(46)41-19-25-52-31-28-49-22-5-2)18-15-39(47)42-20-26-53-32-29-50-23-6-3/h1-3,7-8,11-12,44H,9-10,13-33H2,(H,41,46)(H,42,47). The number of benzene rings is 1. The fourth-order valence-electron chi connectivity index (χ4n) is 5.20. The lowest BCUT2D eigenvalue weighted by Gasteiger charge is -2.33. The van der Waals surface area contributed by atoms with Crippen molar-refractivity contribution in [2.45, 2.75) is 57.8 Å². The van der Waals surface area contributed by atoms with E-state index >= 15 is 0 Å². The van der Waals surface area contributed by atoms with Gasteiger partial charge in [-0.1, -0.05) is 29.9 Å². The highest BCUT2D eigenvalue weighted by Crippen LogP contribution is 2.41. The van der Waals surface area contributed by atoms with E-state index in [-0.39, 0.29) is 132 Å². The molecule has 0 unspecified atom stereocenters. The molecule has 0 aliphatic carbocycles. The first-order chi connectivity index (χ1) is 25.8. The van der Waals surface area contributed by atoms with E-state index in [0.29, 0.717) is 52.7 Å². The first-order valence-electron chi connectivity index (χ1n) is 17.9. The van der Waals surface area contributed by atoms with Crippen LogP contribution in [0.25, 0.3) is 0 Å². The summed E-state index contributed by atoms with van der Waals surface area (Å²) in [6.07, 6.45) is 17.1. The molecule has 0 aromatic heterocycles. The number of hydrogen-bond donors (Lipinski definition) is 3. The van der Waals surface area contributed by atoms with Crippen molar-refractivity contribution in [3.05, 3.63) is 29.8 Å². The SMILES string of the molecule is C#CCOCCOCCCC(=O)CCC(CCC(=O)NCCOCCOCC#C)(CCC(=O)NCCOCCOCC#C)CC(=O)c1ccccc1O. The third-order valence-electron chi connectivity index (χ3n) is 7.99. The number of aromatic hydroxyl groups is 1. The maximum absolute atomic E-state index is 13.7. The normalized spacial score (nSPS) is 10.9. The van der Waals surface area contributed by atoms with E-state index in [1.54, 1.807) is 12.1 Å². The van der Waals surface area contributed by atoms with E-state index in [9.17, 15) is 24.3 Å². The number of amides is 2. The van der Waals surface area contributed by atoms with E-state index in [1.807, 2.05) is 0 Å². The van der Waals surface area contributed by atoms with Crippen LogP contribution in [0, 0.1) is 42.4 Å². The van der Waals surface area contributed by atoms with Crippen molar-refractivity contribution < 1.29 is 52.7 Å². The molecule has 0 bridgehead atoms. The van der Waals surface area contributed by atoms with Gasteiger partial charge in [-0.15, -0.1) is 19.3 Å². The lowest BCUT2D eigenvalue weighted by atomic mass is 9.70. The molecule has 1 aromatic carbocycles. The van der Waals surface area contributed by atoms with Gasteiger partial charge in [-0.25, -0.2) is 0 Å². The number of rotatable bonds is 34. The Kier molecular flexibility index (Phi) is 27.6. The van der Waals surface area contributed by atoms with Crippen molar-refractivity contribution in [1.29, 1.82) is 0 Å². The van der Waals surface area contributed by atoms with E-state index in [1.165, 1.54) is 12.1 Å². The number of ether oxygens (including phenoxy) is 6. The quantitative estimate of drug-likeness (QED) is 0.0540. The maximum atomic E-state index is 13.7. The Labute approximate surface area is 314 Å². The predicted molar refractivity (Wildman–Crippen MR) is 199 cm³/mol. The summed E-state index contributed by atoms with van der Waals surface area (Å²) >= 11 is 0. The van der Waals surface area contributed by atoms with Crippen LogP contribution >= 0.6 is 0 Å². The minimum absolute atomic E-state index is 0.0304. The number of carbonyl (C=O) groups excluding carboxylic acids is 4. The second-order valence-corrected chi connectivity index (χ2v) is 12.1. The summed E-state index contributed by atoms with van der Waals surface area (Å²) in [6, 6.07) is 6.22. The number of terminal acetylenes is 3. The van der Waals surface area contributed by atoms with E-state index < -0.39 is 5.41 Å². The third-order valence-corrected chi connectivity index (χ3v) is 7.99. The summed E-state index contributed by atoms with van der Waals surface area (Å²) < 4.78 is 31.9. The highest BCUT2D eigenvalue weighted by atomic mass is 16.5. The average molecular weight is 741 g/mol. The van der Waals surface area contributed by atoms with Gasteiger partial charge in [0, 0.05) is 51.8 Å². The molecule has 0 saturated heterocycles. The van der Waals surface area contributed by atoms with Gasteiger partial charge in [0.15, 0.2) is 5.78 Å². The van der Waals surface area contributed by atoms with Crippen LogP contribution in [0.15, 0.2) is 24.3 Å². The summed E-state index contributed by atoms with van der Waals surface area (Å²) in [5.41, 5.74) is -0.781. The second-order valence-electron chi connectivity index (χ2n) is 12.1. The van der Waals surface area contributed by atoms with Crippen LogP contribution in [-0.4, -0.2) is 121 Å². The van der Waals surface area contributed by atoms with Crippen molar-refractivity contribution in [1.82, 2.24) is 10.6 Å². The number of carbonyl (C=O) groups is 4. The molecule has 13 nitrogen and oxygen atoms in total. The predicted octanol–water partition coefficient (Wildman–Crippen LogP) is 2.87. The van der Waals surface area contributed by atoms with E-state index in [2.05, 4.69) is 28.4 Å². The summed E-state index contributed by atoms with van der Waals surface area (Å²) in [5, 5.41) is 16.1. The highest BCUT2D eigenvalue weighted by molar-refractivity contribution is 5.99. The lowest BCUT2D eigenvalue weighted by molar-refractivity contribution is -0.122. The number of ketones is 2. The summed E-state index contributed by atoms with van der Waals surface area (Å²) in [7, 11) is 0. The number of phenolic OH excluding ortho intramolecular Hbond substituents is 1. The highest BCUT2D eigenvalue weighted by Gasteiger charge is 2.35. The Balaban J connectivity index is 2.96. The molecular formula is C40H56N2O11. The van der Waals surface area contributed by atoms with E-state index in [4.69, 9.17) is 47.7 Å². The van der Waals surface area contributed by atoms with E-state index in [0.717, 1.165) is 0 Å². The summed E-state index contributed by atoms with van der Waals surface area (Å²) in [5.74, 6) is 6.04. The molecule has 1 aromatic rings. The Morgan fingerprint density at radius 1 is 0.604 bits per heavy atom. The number of hydrogen-bond acceptors (Lipinski definition) is 11. The molecule has 292 valence electrons. The van der Waals surface area contributed by atoms with Gasteiger partial charge in [-0.2, -0.15) is 0 Å². The third kappa shape index (κ3) is 24.6. The average Bonchev–Trinajstić information content (AvgIpc) is 3.15. The molecule has 0 spiro atoms. The molecule has 0 saturated carbocycles. The van der Waals surface area contributed by atoms with Crippen molar-refractivity contribution >= 4 is 23.4 Å². The summed E-state index contributed by atoms with van der Waals surface area (Å²) in [6.45, 7) is 4.04. The topological polar surface area (TPSA) is 168 Å². The van der Waals surface area contributed by atoms with Gasteiger partial charge in [-0.05, 0) is 43.2 Å². The monoisotopic (exact) mass is 740 g/mol. The van der Waals surface area contributed by atoms with Crippen LogP contribution in [-0.2, 0) is 42.8 Å². The largest absolute Gasteiger partial charge is 0.507 e. The van der Waals surface area contributed by atoms with Gasteiger partial charge < -0.3 is 44.2 Å². The number of phenols is 1. The van der Waals surface area contributed by atoms with Crippen LogP contribution in [0.3, 0.4) is 0 Å². The molecule has 2 amide bonds. The Morgan fingerprint density at radius 3 is 1.55 bits per heavy atom. The molecule has 0 aliphatic rings. The van der Waals surface area contributed by atoms with Gasteiger partial charge in [0.05, 0.1) is 58.4 Å². The zero-order valence-electron chi connectivity index (χ0n) is 30.8. The molecule has 0 heterocycles. The van der Waals surface area contributed by atoms with Crippen LogP contribution in [0.1, 0.15) is 68.1 Å². The first-order valence-corrected chi connectivity index (χ1v) is 17.9. The van der Waals surface area contributed by atoms with Gasteiger partial charge >= 0.3 is 0 Å². The Morgan fingerprint density at radius 2 is 1.06 bits per heavy atom. The second kappa shape index (κ2) is 31.3. The lowest BCUT2D eigenvalue weighted by Crippen LogP contribution is -2.33. The molecule has 0 radical (unpaired) electrons. The van der Waals surface area contributed by atoms with Gasteiger partial charge in [0.25, 0.3) is 0 Å². The molecule has 13 heteroatoms. The van der Waals surface area contributed by atoms with Crippen molar-refractivity contribution in [2.75, 3.05) is 92.4 Å². The van der Waals surface area contributed by atoms with Crippen molar-refractivity contribution in [3.8, 4) is 42.8 Å². The molecule has 0 atom stereocenters. The fourth-order valence-corrected chi connectivity index (χ4v) is 5.20. The zero-order valence-corrected chi connectivity index (χ0v) is 30.8. The van der Waals surface area contributed by atoms with Crippen LogP contribution < -0.4 is 10.6 Å². The van der Waals surface area contributed by atoms with Crippen LogP contribution in [0.2, 0.25) is 0 Å². The number of Topliss-reactive ketones (excluding diaryl/α,β-unsaturated/α-hetero) is 2. The maximum Gasteiger partial charge on any atom is 0.220 e. The summed E-state index contributed by atoms with van der Waals surface area (Å²) in [4.78, 5) is 52.7. The smallest absolute Gasteiger partial charge is 0.220 e. The van der Waals surface area contributed by atoms with Gasteiger partial charge in [0.2, 0.25) is 11.8 Å². The minimum atomic E-state index is -0.912. The fraction of sp³-hybridized carbons (Fsp3) is 0.600. The molecule has 0 aliphatic heterocycles. The zero-order chi connectivity index (χ0) is 38.8. The molecule has 1 rings (SSSR count). The molecule has 3 N–H and O–H groups in total. The van der Waals surface area contributed by atoms with Gasteiger partial charge in [-0.3, -0.25) is 19.2 Å². The molecule has 0 fully saturated rings. The number of nitrogens with one attached hydrogen (secondary N) is 2. The van der Waals surface area contributed by atoms with Crippen molar-refractivity contribution in [3.63, 3.8) is 0 Å². The minimum Gasteiger partial charge on any atom is -0.507 e. The Bertz CT molecular complexity index is 1220.